The van der Waals surface area contributed by atoms with Gasteiger partial charge in [0.05, 0.1) is 13.2 Å². The molecule has 0 aliphatic carbocycles. The van der Waals surface area contributed by atoms with Crippen molar-refractivity contribution in [1.29, 1.82) is 0 Å². The summed E-state index contributed by atoms with van der Waals surface area (Å²) in [5, 5.41) is 76.6. The molecule has 0 spiro atoms. The minimum Gasteiger partial charge on any atom is -0.394 e. The first-order valence-corrected chi connectivity index (χ1v) is 9.09. The number of hydrogen-bond acceptors (Lipinski definition) is 11. The van der Waals surface area contributed by atoms with Crippen LogP contribution in [0.3, 0.4) is 0 Å². The largest absolute Gasteiger partial charge is 0.397 e. The predicted octanol–water partition coefficient (Wildman–Crippen LogP) is -7.41. The van der Waals surface area contributed by atoms with Crippen LogP contribution in [0.25, 0.3) is 0 Å². The lowest BCUT2D eigenvalue weighted by Crippen LogP contribution is -3.16. The Morgan fingerprint density at radius 3 is 2.08 bits per heavy atom. The third-order valence-electron chi connectivity index (χ3n) is 4.35. The standard InChI is InChI=1S/C12H25NO12S/c14-3-5-9(19)6(16)1-13(5)2-7(17)12(25-26(22,23)24)11(21)10(20)8(18)4-15/h5-12,14-21H,1-4H2,(H,22,23,24)/p+1/t5-,6-,7-,8+,9-,10-,11-,12-/m1/s1. The number of aliphatic hydroxyl groups is 8. The van der Waals surface area contributed by atoms with Crippen LogP contribution in [-0.2, 0) is 14.6 Å². The van der Waals surface area contributed by atoms with Gasteiger partial charge in [-0.05, 0) is 0 Å². The molecule has 14 heteroatoms. The van der Waals surface area contributed by atoms with E-state index in [1.54, 1.807) is 0 Å². The zero-order valence-electron chi connectivity index (χ0n) is 13.6. The van der Waals surface area contributed by atoms with E-state index in [2.05, 4.69) is 4.18 Å². The van der Waals surface area contributed by atoms with Crippen LogP contribution in [0.15, 0.2) is 0 Å². The highest BCUT2D eigenvalue weighted by atomic mass is 32.3. The molecule has 1 unspecified atom stereocenters. The van der Waals surface area contributed by atoms with E-state index in [9.17, 15) is 44.2 Å². The first-order valence-electron chi connectivity index (χ1n) is 7.73. The zero-order valence-corrected chi connectivity index (χ0v) is 14.4. The summed E-state index contributed by atoms with van der Waals surface area (Å²) < 4.78 is 34.9. The van der Waals surface area contributed by atoms with Crippen LogP contribution in [0.1, 0.15) is 0 Å². The molecule has 1 heterocycles. The molecule has 13 nitrogen and oxygen atoms in total. The van der Waals surface area contributed by atoms with Gasteiger partial charge in [-0.15, -0.1) is 0 Å². The second-order valence-electron chi connectivity index (χ2n) is 6.20. The van der Waals surface area contributed by atoms with Gasteiger partial charge < -0.3 is 45.8 Å². The molecule has 1 rings (SSSR count). The Balaban J connectivity index is 2.95. The molecule has 0 radical (unpaired) electrons. The van der Waals surface area contributed by atoms with Crippen molar-refractivity contribution in [2.24, 2.45) is 0 Å². The molecule has 0 amide bonds. The molecule has 26 heavy (non-hydrogen) atoms. The Kier molecular flexibility index (Phi) is 8.72. The van der Waals surface area contributed by atoms with Crippen molar-refractivity contribution in [3.63, 3.8) is 0 Å². The van der Waals surface area contributed by atoms with Crippen LogP contribution in [0.2, 0.25) is 0 Å². The molecule has 1 saturated heterocycles. The molecular formula is C12H26NO12S+. The Labute approximate surface area is 149 Å². The van der Waals surface area contributed by atoms with Crippen molar-refractivity contribution in [2.45, 2.75) is 48.8 Å². The molecule has 1 aliphatic heterocycles. The van der Waals surface area contributed by atoms with Crippen LogP contribution in [0.5, 0.6) is 0 Å². The number of quaternary nitrogens is 1. The Morgan fingerprint density at radius 2 is 1.62 bits per heavy atom. The summed E-state index contributed by atoms with van der Waals surface area (Å²) in [6, 6.07) is -0.920. The molecule has 0 bridgehead atoms. The van der Waals surface area contributed by atoms with Gasteiger partial charge in [-0.1, -0.05) is 0 Å². The van der Waals surface area contributed by atoms with Gasteiger partial charge in [0.1, 0.15) is 61.9 Å². The van der Waals surface area contributed by atoms with E-state index < -0.39 is 78.9 Å². The molecule has 1 fully saturated rings. The number of rotatable bonds is 10. The third kappa shape index (κ3) is 6.01. The van der Waals surface area contributed by atoms with Gasteiger partial charge in [-0.25, -0.2) is 4.18 Å². The number of nitrogens with one attached hydrogen (secondary N) is 1. The van der Waals surface area contributed by atoms with Crippen molar-refractivity contribution in [2.75, 3.05) is 26.3 Å². The van der Waals surface area contributed by atoms with Crippen LogP contribution in [0, 0.1) is 0 Å². The van der Waals surface area contributed by atoms with Gasteiger partial charge in [0, 0.05) is 0 Å². The average molecular weight is 408 g/mol. The fraction of sp³-hybridized carbons (Fsp3) is 1.00. The molecule has 0 saturated carbocycles. The molecule has 9 atom stereocenters. The smallest absolute Gasteiger partial charge is 0.394 e. The van der Waals surface area contributed by atoms with Gasteiger partial charge in [0.2, 0.25) is 0 Å². The highest BCUT2D eigenvalue weighted by molar-refractivity contribution is 7.80. The first-order chi connectivity index (χ1) is 11.9. The van der Waals surface area contributed by atoms with Gasteiger partial charge in [-0.2, -0.15) is 8.42 Å². The maximum absolute atomic E-state index is 11.0. The predicted molar refractivity (Wildman–Crippen MR) is 81.1 cm³/mol. The summed E-state index contributed by atoms with van der Waals surface area (Å²) in [7, 11) is -5.19. The van der Waals surface area contributed by atoms with Gasteiger partial charge in [0.25, 0.3) is 0 Å². The van der Waals surface area contributed by atoms with Gasteiger partial charge >= 0.3 is 10.4 Å². The second kappa shape index (κ2) is 9.63. The van der Waals surface area contributed by atoms with E-state index in [0.717, 1.165) is 0 Å². The second-order valence-corrected chi connectivity index (χ2v) is 7.25. The zero-order chi connectivity index (χ0) is 20.2. The van der Waals surface area contributed by atoms with Crippen LogP contribution in [0.4, 0.5) is 0 Å². The SMILES string of the molecule is O=S(=O)(O)O[C@@H]([C@H](O)[C@H](O)[C@@H](O)CO)[C@H](O)C[NH+]1C[C@@H](O)[C@H](O)[C@H]1CO. The summed E-state index contributed by atoms with van der Waals surface area (Å²) in [4.78, 5) is 0.244. The summed E-state index contributed by atoms with van der Waals surface area (Å²) in [6.45, 7) is -2.15. The summed E-state index contributed by atoms with van der Waals surface area (Å²) in [6.07, 6.45) is -12.8. The van der Waals surface area contributed by atoms with Crippen LogP contribution in [-0.4, -0.2) is 129 Å². The van der Waals surface area contributed by atoms with Crippen LogP contribution < -0.4 is 4.90 Å². The summed E-state index contributed by atoms with van der Waals surface area (Å²) >= 11 is 0. The lowest BCUT2D eigenvalue weighted by molar-refractivity contribution is -0.919. The summed E-state index contributed by atoms with van der Waals surface area (Å²) in [5.74, 6) is 0. The fourth-order valence-corrected chi connectivity index (χ4v) is 3.45. The fourth-order valence-electron chi connectivity index (χ4n) is 2.93. The molecule has 1 aliphatic rings. The van der Waals surface area contributed by atoms with E-state index in [1.165, 1.54) is 0 Å². The molecule has 156 valence electrons. The Hall–Kier alpha value is -0.490. The van der Waals surface area contributed by atoms with E-state index in [0.29, 0.717) is 0 Å². The minimum absolute atomic E-state index is 0.125. The average Bonchev–Trinajstić information content (AvgIpc) is 2.82. The molecule has 0 aromatic heterocycles. The minimum atomic E-state index is -5.19. The van der Waals surface area contributed by atoms with E-state index in [1.807, 2.05) is 0 Å². The van der Waals surface area contributed by atoms with Crippen molar-refractivity contribution in [3.05, 3.63) is 0 Å². The number of likely N-dealkylation sites (tertiary alicyclic amines) is 1. The van der Waals surface area contributed by atoms with Crippen molar-refractivity contribution in [3.8, 4) is 0 Å². The number of hydrogen-bond donors (Lipinski definition) is 10. The highest BCUT2D eigenvalue weighted by Crippen LogP contribution is 2.14. The first kappa shape index (κ1) is 23.5. The Bertz CT molecular complexity index is 532. The maximum atomic E-state index is 11.0. The highest BCUT2D eigenvalue weighted by Gasteiger charge is 2.47. The number of aliphatic hydroxyl groups excluding tert-OH is 8. The van der Waals surface area contributed by atoms with E-state index in [-0.39, 0.29) is 11.4 Å². The van der Waals surface area contributed by atoms with Crippen molar-refractivity contribution >= 4 is 10.4 Å². The lowest BCUT2D eigenvalue weighted by Gasteiger charge is -2.32. The quantitative estimate of drug-likeness (QED) is 0.152. The third-order valence-corrected chi connectivity index (χ3v) is 4.82. The lowest BCUT2D eigenvalue weighted by atomic mass is 9.99. The van der Waals surface area contributed by atoms with Gasteiger partial charge in [-0.3, -0.25) is 4.55 Å². The summed E-state index contributed by atoms with van der Waals surface area (Å²) in [5.41, 5.74) is 0. The normalized spacial score (nSPS) is 32.8. The molecule has 0 aromatic rings. The van der Waals surface area contributed by atoms with Crippen LogP contribution >= 0.6 is 0 Å². The maximum Gasteiger partial charge on any atom is 0.397 e. The van der Waals surface area contributed by atoms with Crippen molar-refractivity contribution in [1.82, 2.24) is 0 Å². The molecule has 0 aromatic carbocycles. The van der Waals surface area contributed by atoms with Gasteiger partial charge in [0.15, 0.2) is 0 Å². The monoisotopic (exact) mass is 408 g/mol. The van der Waals surface area contributed by atoms with E-state index >= 15 is 0 Å². The van der Waals surface area contributed by atoms with E-state index in [4.69, 9.17) is 9.66 Å². The topological polar surface area (TPSA) is 230 Å². The van der Waals surface area contributed by atoms with Crippen molar-refractivity contribution < 1.29 is 62.9 Å². The molecular weight excluding hydrogens is 382 g/mol. The Morgan fingerprint density at radius 1 is 1.04 bits per heavy atom. The molecule has 10 N–H and O–H groups in total.